The summed E-state index contributed by atoms with van der Waals surface area (Å²) in [6.07, 6.45) is 3.32. The van der Waals surface area contributed by atoms with Gasteiger partial charge in [0.15, 0.2) is 13.2 Å². The highest BCUT2D eigenvalue weighted by Gasteiger charge is 2.12. The molecule has 3 rings (SSSR count). The lowest BCUT2D eigenvalue weighted by molar-refractivity contribution is -0.131. The third-order valence-corrected chi connectivity index (χ3v) is 4.14. The quantitative estimate of drug-likeness (QED) is 0.779. The second kappa shape index (κ2) is 8.38. The Labute approximate surface area is 152 Å². The van der Waals surface area contributed by atoms with Crippen molar-refractivity contribution >= 4 is 11.8 Å². The molecule has 6 nitrogen and oxygen atoms in total. The van der Waals surface area contributed by atoms with E-state index in [-0.39, 0.29) is 13.2 Å². The summed E-state index contributed by atoms with van der Waals surface area (Å²) in [7, 11) is 0. The molecule has 0 aromatic heterocycles. The topological polar surface area (TPSA) is 76.7 Å². The first-order valence-corrected chi connectivity index (χ1v) is 8.62. The van der Waals surface area contributed by atoms with Crippen molar-refractivity contribution in [3.63, 3.8) is 0 Å². The van der Waals surface area contributed by atoms with Crippen molar-refractivity contribution in [3.05, 3.63) is 59.2 Å². The first-order valence-electron chi connectivity index (χ1n) is 8.62. The van der Waals surface area contributed by atoms with Gasteiger partial charge in [0.05, 0.1) is 0 Å². The van der Waals surface area contributed by atoms with Gasteiger partial charge in [-0.1, -0.05) is 18.2 Å². The van der Waals surface area contributed by atoms with Crippen LogP contribution in [-0.4, -0.2) is 25.0 Å². The van der Waals surface area contributed by atoms with E-state index in [2.05, 4.69) is 10.9 Å². The molecule has 6 heteroatoms. The summed E-state index contributed by atoms with van der Waals surface area (Å²) >= 11 is 0. The number of carbonyl (C=O) groups excluding carboxylic acids is 2. The van der Waals surface area contributed by atoms with Crippen molar-refractivity contribution in [1.29, 1.82) is 0 Å². The molecule has 1 aliphatic rings. The summed E-state index contributed by atoms with van der Waals surface area (Å²) in [6, 6.07) is 13.3. The predicted molar refractivity (Wildman–Crippen MR) is 96.9 cm³/mol. The van der Waals surface area contributed by atoms with Crippen molar-refractivity contribution < 1.29 is 19.1 Å². The Morgan fingerprint density at radius 1 is 0.885 bits per heavy atom. The van der Waals surface area contributed by atoms with Crippen LogP contribution in [0.25, 0.3) is 0 Å². The van der Waals surface area contributed by atoms with E-state index in [0.717, 1.165) is 24.8 Å². The highest BCUT2D eigenvalue weighted by atomic mass is 16.5. The molecule has 0 radical (unpaired) electrons. The molecule has 0 heterocycles. The predicted octanol–water partition coefficient (Wildman–Crippen LogP) is 2.09. The molecular formula is C20H22N2O4. The monoisotopic (exact) mass is 354 g/mol. The first kappa shape index (κ1) is 17.8. The zero-order valence-electron chi connectivity index (χ0n) is 14.7. The maximum atomic E-state index is 11.8. The van der Waals surface area contributed by atoms with Crippen LogP contribution in [-0.2, 0) is 22.4 Å². The molecule has 0 spiro atoms. The van der Waals surface area contributed by atoms with Gasteiger partial charge >= 0.3 is 0 Å². The van der Waals surface area contributed by atoms with Gasteiger partial charge in [-0.25, -0.2) is 0 Å². The fourth-order valence-electron chi connectivity index (χ4n) is 2.85. The van der Waals surface area contributed by atoms with E-state index >= 15 is 0 Å². The summed E-state index contributed by atoms with van der Waals surface area (Å²) in [5.41, 5.74) is 8.28. The molecule has 0 saturated carbocycles. The van der Waals surface area contributed by atoms with Gasteiger partial charge in [0.1, 0.15) is 11.5 Å². The molecule has 1 aliphatic carbocycles. The molecule has 26 heavy (non-hydrogen) atoms. The number of amides is 2. The molecule has 136 valence electrons. The van der Waals surface area contributed by atoms with Gasteiger partial charge in [0.2, 0.25) is 0 Å². The molecule has 2 aromatic carbocycles. The fraction of sp³-hybridized carbons (Fsp3) is 0.300. The Kier molecular flexibility index (Phi) is 5.73. The molecule has 0 unspecified atom stereocenters. The van der Waals surface area contributed by atoms with E-state index in [1.165, 1.54) is 11.1 Å². The van der Waals surface area contributed by atoms with Crippen molar-refractivity contribution in [2.75, 3.05) is 13.2 Å². The second-order valence-corrected chi connectivity index (χ2v) is 6.27. The van der Waals surface area contributed by atoms with E-state index in [1.807, 2.05) is 43.3 Å². The summed E-state index contributed by atoms with van der Waals surface area (Å²) in [6.45, 7) is 1.58. The van der Waals surface area contributed by atoms with Crippen LogP contribution in [0.5, 0.6) is 11.5 Å². The highest BCUT2D eigenvalue weighted by Crippen LogP contribution is 2.25. The third-order valence-electron chi connectivity index (χ3n) is 4.14. The van der Waals surface area contributed by atoms with Crippen molar-refractivity contribution in [1.82, 2.24) is 10.9 Å². The minimum atomic E-state index is -0.447. The van der Waals surface area contributed by atoms with Crippen molar-refractivity contribution in [3.8, 4) is 11.5 Å². The second-order valence-electron chi connectivity index (χ2n) is 6.27. The normalized spacial score (nSPS) is 12.2. The lowest BCUT2D eigenvalue weighted by atomic mass is 10.1. The van der Waals surface area contributed by atoms with Gasteiger partial charge in [0, 0.05) is 0 Å². The zero-order chi connectivity index (χ0) is 18.4. The van der Waals surface area contributed by atoms with Crippen LogP contribution in [0.2, 0.25) is 0 Å². The van der Waals surface area contributed by atoms with Crippen LogP contribution in [0.3, 0.4) is 0 Å². The smallest absolute Gasteiger partial charge is 0.276 e. The van der Waals surface area contributed by atoms with Gasteiger partial charge in [-0.3, -0.25) is 20.4 Å². The largest absolute Gasteiger partial charge is 0.484 e. The summed E-state index contributed by atoms with van der Waals surface area (Å²) in [5, 5.41) is 0. The molecule has 0 bridgehead atoms. The van der Waals surface area contributed by atoms with Gasteiger partial charge < -0.3 is 9.47 Å². The first-order chi connectivity index (χ1) is 12.6. The standard InChI is InChI=1S/C20H22N2O4/c1-14-4-2-7-17(10-14)25-12-19(23)21-22-20(24)13-26-18-9-8-15-5-3-6-16(15)11-18/h2,4,7-11H,3,5-6,12-13H2,1H3,(H,21,23)(H,22,24). The Morgan fingerprint density at radius 3 is 2.23 bits per heavy atom. The number of carbonyl (C=O) groups is 2. The number of aryl methyl sites for hydroxylation is 3. The van der Waals surface area contributed by atoms with E-state index in [9.17, 15) is 9.59 Å². The number of hydrogen-bond donors (Lipinski definition) is 2. The summed E-state index contributed by atoms with van der Waals surface area (Å²) < 4.78 is 10.8. The maximum Gasteiger partial charge on any atom is 0.276 e. The number of hydrogen-bond acceptors (Lipinski definition) is 4. The highest BCUT2D eigenvalue weighted by molar-refractivity contribution is 5.83. The number of ether oxygens (including phenoxy) is 2. The molecule has 0 aliphatic heterocycles. The zero-order valence-corrected chi connectivity index (χ0v) is 14.7. The Morgan fingerprint density at radius 2 is 1.54 bits per heavy atom. The number of benzene rings is 2. The SMILES string of the molecule is Cc1cccc(OCC(=O)NNC(=O)COc2ccc3c(c2)CCC3)c1. The number of hydrazine groups is 1. The minimum absolute atomic E-state index is 0.169. The van der Waals surface area contributed by atoms with Gasteiger partial charge in [0.25, 0.3) is 11.8 Å². The third kappa shape index (κ3) is 4.99. The lowest BCUT2D eigenvalue weighted by Gasteiger charge is -2.10. The Hall–Kier alpha value is -3.02. The molecule has 2 N–H and O–H groups in total. The molecular weight excluding hydrogens is 332 g/mol. The van der Waals surface area contributed by atoms with Gasteiger partial charge in [-0.2, -0.15) is 0 Å². The van der Waals surface area contributed by atoms with Gasteiger partial charge in [-0.05, 0) is 67.1 Å². The number of fused-ring (bicyclic) bond motifs is 1. The Bertz CT molecular complexity index is 804. The number of rotatable bonds is 6. The summed E-state index contributed by atoms with van der Waals surface area (Å²) in [4.78, 5) is 23.5. The van der Waals surface area contributed by atoms with Crippen LogP contribution in [0.1, 0.15) is 23.1 Å². The van der Waals surface area contributed by atoms with E-state index in [0.29, 0.717) is 11.5 Å². The van der Waals surface area contributed by atoms with Crippen LogP contribution in [0.15, 0.2) is 42.5 Å². The molecule has 2 aromatic rings. The van der Waals surface area contributed by atoms with Crippen molar-refractivity contribution in [2.24, 2.45) is 0 Å². The Balaban J connectivity index is 1.36. The van der Waals surface area contributed by atoms with Crippen LogP contribution < -0.4 is 20.3 Å². The minimum Gasteiger partial charge on any atom is -0.484 e. The van der Waals surface area contributed by atoms with Crippen LogP contribution in [0.4, 0.5) is 0 Å². The number of nitrogens with one attached hydrogen (secondary N) is 2. The van der Waals surface area contributed by atoms with Crippen molar-refractivity contribution in [2.45, 2.75) is 26.2 Å². The van der Waals surface area contributed by atoms with Crippen LogP contribution in [0, 0.1) is 6.92 Å². The van der Waals surface area contributed by atoms with E-state index in [4.69, 9.17) is 9.47 Å². The fourth-order valence-corrected chi connectivity index (χ4v) is 2.85. The van der Waals surface area contributed by atoms with Gasteiger partial charge in [-0.15, -0.1) is 0 Å². The van der Waals surface area contributed by atoms with Crippen LogP contribution >= 0.6 is 0 Å². The average Bonchev–Trinajstić information content (AvgIpc) is 3.11. The van der Waals surface area contributed by atoms with E-state index in [1.54, 1.807) is 6.07 Å². The molecule has 0 fully saturated rings. The maximum absolute atomic E-state index is 11.8. The molecule has 0 atom stereocenters. The summed E-state index contributed by atoms with van der Waals surface area (Å²) in [5.74, 6) is 0.383. The lowest BCUT2D eigenvalue weighted by Crippen LogP contribution is -2.45. The molecule has 2 amide bonds. The molecule has 0 saturated heterocycles. The average molecular weight is 354 g/mol. The van der Waals surface area contributed by atoms with E-state index < -0.39 is 11.8 Å².